The van der Waals surface area contributed by atoms with Gasteiger partial charge >= 0.3 is 0 Å². The molecule has 0 fully saturated rings. The second kappa shape index (κ2) is 3.85. The van der Waals surface area contributed by atoms with Gasteiger partial charge in [0.15, 0.2) is 0 Å². The molecule has 0 heterocycles. The number of carbonyl (C=O) groups is 1. The van der Waals surface area contributed by atoms with E-state index in [-0.39, 0.29) is 5.78 Å². The van der Waals surface area contributed by atoms with Gasteiger partial charge in [0.25, 0.3) is 0 Å². The van der Waals surface area contributed by atoms with Crippen molar-refractivity contribution in [1.29, 1.82) is 0 Å². The van der Waals surface area contributed by atoms with Crippen molar-refractivity contribution in [3.05, 3.63) is 6.42 Å². The van der Waals surface area contributed by atoms with E-state index in [1.165, 1.54) is 0 Å². The molecule has 0 amide bonds. The highest BCUT2D eigenvalue weighted by atomic mass is 16.1. The van der Waals surface area contributed by atoms with Gasteiger partial charge in [-0.1, -0.05) is 13.3 Å². The van der Waals surface area contributed by atoms with Crippen molar-refractivity contribution in [3.63, 3.8) is 0 Å². The predicted octanol–water partition coefficient (Wildman–Crippen LogP) is 1.58. The van der Waals surface area contributed by atoms with Gasteiger partial charge in [-0.15, -0.1) is 0 Å². The molecule has 7 heavy (non-hydrogen) atoms. The molecule has 0 rings (SSSR count). The van der Waals surface area contributed by atoms with Crippen LogP contribution in [0.1, 0.15) is 26.7 Å². The Morgan fingerprint density at radius 1 is 1.71 bits per heavy atom. The zero-order valence-corrected chi connectivity index (χ0v) is 4.90. The number of Topliss-reactive ketones (excluding diaryl/α,β-unsaturated/α-hetero) is 1. The summed E-state index contributed by atoms with van der Waals surface area (Å²) in [4.78, 5) is 10.1. The third kappa shape index (κ3) is 5.67. The van der Waals surface area contributed by atoms with E-state index >= 15 is 0 Å². The molecule has 0 aliphatic heterocycles. The second-order valence-electron chi connectivity index (χ2n) is 1.60. The summed E-state index contributed by atoms with van der Waals surface area (Å²) < 4.78 is 0. The molecule has 0 aliphatic rings. The predicted molar refractivity (Wildman–Crippen MR) is 29.9 cm³/mol. The lowest BCUT2D eigenvalue weighted by molar-refractivity contribution is -0.114. The molecule has 1 heteroatoms. The summed E-state index contributed by atoms with van der Waals surface area (Å²) in [5.74, 6) is 0.182. The molecule has 0 N–H and O–H groups in total. The van der Waals surface area contributed by atoms with Crippen LogP contribution in [-0.2, 0) is 4.79 Å². The van der Waals surface area contributed by atoms with E-state index in [9.17, 15) is 4.79 Å². The molecular weight excluding hydrogens is 88.1 g/mol. The van der Waals surface area contributed by atoms with Gasteiger partial charge in [-0.2, -0.15) is 0 Å². The fourth-order valence-corrected chi connectivity index (χ4v) is 0.348. The van der Waals surface area contributed by atoms with Crippen LogP contribution in [0.5, 0.6) is 0 Å². The Bertz CT molecular complexity index is 57.2. The number of hydrogen-bond acceptors (Lipinski definition) is 1. The molecule has 0 aliphatic carbocycles. The summed E-state index contributed by atoms with van der Waals surface area (Å²) in [5.41, 5.74) is 0. The van der Waals surface area contributed by atoms with Crippen LogP contribution in [0.25, 0.3) is 0 Å². The Kier molecular flexibility index (Phi) is 3.67. The molecule has 0 atom stereocenters. The topological polar surface area (TPSA) is 17.1 Å². The maximum absolute atomic E-state index is 10.1. The fraction of sp³-hybridized carbons (Fsp3) is 0.667. The molecule has 0 aromatic rings. The van der Waals surface area contributed by atoms with Gasteiger partial charge in [-0.3, -0.25) is 4.79 Å². The average Bonchev–Trinajstić information content (AvgIpc) is 1.61. The lowest BCUT2D eigenvalue weighted by Crippen LogP contribution is -1.88. The van der Waals surface area contributed by atoms with Crippen molar-refractivity contribution in [2.45, 2.75) is 26.7 Å². The highest BCUT2D eigenvalue weighted by Crippen LogP contribution is 1.91. The van der Waals surface area contributed by atoms with Crippen LogP contribution < -0.4 is 0 Å². The molecule has 0 spiro atoms. The molecule has 0 bridgehead atoms. The van der Waals surface area contributed by atoms with Gasteiger partial charge in [0, 0.05) is 6.42 Å². The lowest BCUT2D eigenvalue weighted by Gasteiger charge is -1.85. The van der Waals surface area contributed by atoms with Crippen molar-refractivity contribution in [2.75, 3.05) is 0 Å². The van der Waals surface area contributed by atoms with E-state index in [4.69, 9.17) is 0 Å². The normalized spacial score (nSPS) is 8.86. The first-order valence-corrected chi connectivity index (χ1v) is 2.61. The summed E-state index contributed by atoms with van der Waals surface area (Å²) in [7, 11) is 0. The molecule has 0 aromatic heterocycles. The Morgan fingerprint density at radius 3 is 2.43 bits per heavy atom. The van der Waals surface area contributed by atoms with E-state index in [1.54, 1.807) is 13.3 Å². The van der Waals surface area contributed by atoms with E-state index in [0.29, 0.717) is 0 Å². The minimum atomic E-state index is 0.182. The van der Waals surface area contributed by atoms with Crippen LogP contribution in [0.4, 0.5) is 0 Å². The number of ketones is 1. The Labute approximate surface area is 44.7 Å². The zero-order chi connectivity index (χ0) is 5.70. The number of rotatable bonds is 3. The minimum Gasteiger partial charge on any atom is -0.300 e. The van der Waals surface area contributed by atoms with Crippen molar-refractivity contribution in [2.24, 2.45) is 0 Å². The van der Waals surface area contributed by atoms with Gasteiger partial charge in [-0.05, 0) is 13.3 Å². The summed E-state index contributed by atoms with van der Waals surface area (Å²) in [5, 5.41) is 0. The van der Waals surface area contributed by atoms with Crippen LogP contribution in [0.3, 0.4) is 0 Å². The number of unbranched alkanes of at least 4 members (excludes halogenated alkanes) is 1. The van der Waals surface area contributed by atoms with E-state index in [2.05, 4.69) is 6.92 Å². The van der Waals surface area contributed by atoms with E-state index in [0.717, 1.165) is 12.8 Å². The highest BCUT2D eigenvalue weighted by molar-refractivity contribution is 5.84. The summed E-state index contributed by atoms with van der Waals surface area (Å²) in [6.45, 7) is 3.63. The molecular formula is C6H11O. The van der Waals surface area contributed by atoms with Crippen LogP contribution in [0.2, 0.25) is 0 Å². The molecule has 0 saturated heterocycles. The third-order valence-electron chi connectivity index (χ3n) is 0.720. The van der Waals surface area contributed by atoms with Gasteiger partial charge in [0.1, 0.15) is 5.78 Å². The highest BCUT2D eigenvalue weighted by Gasteiger charge is 1.88. The summed E-state index contributed by atoms with van der Waals surface area (Å²) in [6.07, 6.45) is 3.70. The quantitative estimate of drug-likeness (QED) is 0.525. The van der Waals surface area contributed by atoms with Crippen LogP contribution >= 0.6 is 0 Å². The smallest absolute Gasteiger partial charge is 0.133 e. The zero-order valence-electron chi connectivity index (χ0n) is 4.90. The Hall–Kier alpha value is -0.330. The third-order valence-corrected chi connectivity index (χ3v) is 0.720. The van der Waals surface area contributed by atoms with Gasteiger partial charge < -0.3 is 0 Å². The maximum atomic E-state index is 10.1. The fourth-order valence-electron chi connectivity index (χ4n) is 0.348. The number of hydrogen-bond donors (Lipinski definition) is 0. The molecule has 1 nitrogen and oxygen atoms in total. The van der Waals surface area contributed by atoms with Gasteiger partial charge in [0.05, 0.1) is 0 Å². The standard InChI is InChI=1S/C6H11O/c1-3-4-5-6(2)7/h5H,3-4H2,1-2H3. The lowest BCUT2D eigenvalue weighted by atomic mass is 10.2. The van der Waals surface area contributed by atoms with Crippen molar-refractivity contribution < 1.29 is 4.79 Å². The van der Waals surface area contributed by atoms with Crippen molar-refractivity contribution in [3.8, 4) is 0 Å². The second-order valence-corrected chi connectivity index (χ2v) is 1.60. The molecule has 0 aromatic carbocycles. The van der Waals surface area contributed by atoms with Crippen LogP contribution in [0.15, 0.2) is 0 Å². The van der Waals surface area contributed by atoms with E-state index in [1.807, 2.05) is 0 Å². The first kappa shape index (κ1) is 6.67. The van der Waals surface area contributed by atoms with Crippen molar-refractivity contribution in [1.82, 2.24) is 0 Å². The largest absolute Gasteiger partial charge is 0.300 e. The van der Waals surface area contributed by atoms with Gasteiger partial charge in [0.2, 0.25) is 0 Å². The molecule has 1 radical (unpaired) electrons. The minimum absolute atomic E-state index is 0.182. The van der Waals surface area contributed by atoms with Crippen molar-refractivity contribution >= 4 is 5.78 Å². The average molecular weight is 99.2 g/mol. The first-order chi connectivity index (χ1) is 3.27. The first-order valence-electron chi connectivity index (χ1n) is 2.61. The number of carbonyl (C=O) groups excluding carboxylic acids is 1. The molecule has 0 unspecified atom stereocenters. The summed E-state index contributed by atoms with van der Waals surface area (Å²) in [6, 6.07) is 0. The SMILES string of the molecule is CCC[CH]C(C)=O. The maximum Gasteiger partial charge on any atom is 0.133 e. The van der Waals surface area contributed by atoms with Crippen LogP contribution in [0, 0.1) is 6.42 Å². The Morgan fingerprint density at radius 2 is 2.29 bits per heavy atom. The van der Waals surface area contributed by atoms with Gasteiger partial charge in [-0.25, -0.2) is 0 Å². The monoisotopic (exact) mass is 99.1 g/mol. The molecule has 41 valence electrons. The van der Waals surface area contributed by atoms with E-state index < -0.39 is 0 Å². The Balaban J connectivity index is 2.82. The molecule has 0 saturated carbocycles. The summed E-state index contributed by atoms with van der Waals surface area (Å²) >= 11 is 0. The van der Waals surface area contributed by atoms with Crippen LogP contribution in [-0.4, -0.2) is 5.78 Å².